The summed E-state index contributed by atoms with van der Waals surface area (Å²) in [4.78, 5) is 12.2. The van der Waals surface area contributed by atoms with Gasteiger partial charge in [-0.05, 0) is 19.9 Å². The Bertz CT molecular complexity index is 483. The Morgan fingerprint density at radius 2 is 2.21 bits per heavy atom. The molecule has 0 fully saturated rings. The fourth-order valence-corrected chi connectivity index (χ4v) is 1.77. The Morgan fingerprint density at radius 1 is 1.47 bits per heavy atom. The number of nitro groups is 1. The maximum absolute atomic E-state index is 10.7. The van der Waals surface area contributed by atoms with E-state index in [0.29, 0.717) is 37.6 Å². The predicted octanol–water partition coefficient (Wildman–Crippen LogP) is 2.33. The molecule has 0 aliphatic rings. The molecule has 0 radical (unpaired) electrons. The van der Waals surface area contributed by atoms with Gasteiger partial charge in [-0.1, -0.05) is 0 Å². The molecule has 19 heavy (non-hydrogen) atoms. The highest BCUT2D eigenvalue weighted by Crippen LogP contribution is 2.24. The molecule has 0 spiro atoms. The van der Waals surface area contributed by atoms with Crippen LogP contribution in [0.15, 0.2) is 18.2 Å². The van der Waals surface area contributed by atoms with Crippen LogP contribution in [0.1, 0.15) is 19.4 Å². The molecule has 0 heterocycles. The van der Waals surface area contributed by atoms with Gasteiger partial charge in [0.1, 0.15) is 6.07 Å². The Hall–Kier alpha value is -2.13. The summed E-state index contributed by atoms with van der Waals surface area (Å²) in [5, 5.41) is 19.8. The van der Waals surface area contributed by atoms with Crippen molar-refractivity contribution in [1.82, 2.24) is 0 Å². The Labute approximate surface area is 112 Å². The third-order valence-corrected chi connectivity index (χ3v) is 2.74. The SMILES string of the molecule is CCOCCN(CC)c1ccc([N+](=O)[O-])cc1C#N. The molecule has 6 heteroatoms. The molecule has 6 nitrogen and oxygen atoms in total. The fraction of sp³-hybridized carbons (Fsp3) is 0.462. The summed E-state index contributed by atoms with van der Waals surface area (Å²) in [6.45, 7) is 6.45. The van der Waals surface area contributed by atoms with Crippen LogP contribution in [-0.4, -0.2) is 31.2 Å². The lowest BCUT2D eigenvalue weighted by atomic mass is 10.1. The number of ether oxygens (including phenoxy) is 1. The number of anilines is 1. The molecule has 1 aromatic rings. The molecular formula is C13H17N3O3. The van der Waals surface area contributed by atoms with Crippen molar-refractivity contribution in [3.05, 3.63) is 33.9 Å². The largest absolute Gasteiger partial charge is 0.380 e. The van der Waals surface area contributed by atoms with E-state index in [1.165, 1.54) is 12.1 Å². The van der Waals surface area contributed by atoms with Gasteiger partial charge in [0, 0.05) is 31.8 Å². The molecule has 0 unspecified atom stereocenters. The smallest absolute Gasteiger partial charge is 0.270 e. The Morgan fingerprint density at radius 3 is 2.74 bits per heavy atom. The van der Waals surface area contributed by atoms with Gasteiger partial charge in [-0.2, -0.15) is 5.26 Å². The van der Waals surface area contributed by atoms with Gasteiger partial charge in [-0.25, -0.2) is 0 Å². The second-order valence-electron chi connectivity index (χ2n) is 3.85. The highest BCUT2D eigenvalue weighted by molar-refractivity contribution is 5.62. The molecule has 1 rings (SSSR count). The summed E-state index contributed by atoms with van der Waals surface area (Å²) in [6.07, 6.45) is 0. The molecular weight excluding hydrogens is 246 g/mol. The van der Waals surface area contributed by atoms with Crippen molar-refractivity contribution in [2.75, 3.05) is 31.2 Å². The number of likely N-dealkylation sites (N-methyl/N-ethyl adjacent to an activating group) is 1. The van der Waals surface area contributed by atoms with Crippen LogP contribution in [0.4, 0.5) is 11.4 Å². The second-order valence-corrected chi connectivity index (χ2v) is 3.85. The standard InChI is InChI=1S/C13H17N3O3/c1-3-15(7-8-19-4-2)13-6-5-12(16(17)18)9-11(13)10-14/h5-6,9H,3-4,7-8H2,1-2H3. The van der Waals surface area contributed by atoms with Crippen LogP contribution >= 0.6 is 0 Å². The highest BCUT2D eigenvalue weighted by atomic mass is 16.6. The number of rotatable bonds is 7. The van der Waals surface area contributed by atoms with Gasteiger partial charge in [0.2, 0.25) is 0 Å². The van der Waals surface area contributed by atoms with Crippen molar-refractivity contribution in [3.8, 4) is 6.07 Å². The van der Waals surface area contributed by atoms with Gasteiger partial charge in [0.25, 0.3) is 5.69 Å². The second kappa shape index (κ2) is 7.34. The molecule has 0 saturated heterocycles. The van der Waals surface area contributed by atoms with Gasteiger partial charge in [-0.3, -0.25) is 10.1 Å². The van der Waals surface area contributed by atoms with Gasteiger partial charge in [-0.15, -0.1) is 0 Å². The molecule has 1 aromatic carbocycles. The van der Waals surface area contributed by atoms with Crippen LogP contribution in [0.3, 0.4) is 0 Å². The summed E-state index contributed by atoms with van der Waals surface area (Å²) in [5.74, 6) is 0. The van der Waals surface area contributed by atoms with Crippen molar-refractivity contribution in [3.63, 3.8) is 0 Å². The zero-order chi connectivity index (χ0) is 14.3. The molecule has 0 bridgehead atoms. The zero-order valence-corrected chi connectivity index (χ0v) is 11.1. The molecule has 102 valence electrons. The van der Waals surface area contributed by atoms with E-state index in [-0.39, 0.29) is 5.69 Å². The number of non-ortho nitro benzene ring substituents is 1. The third-order valence-electron chi connectivity index (χ3n) is 2.74. The minimum atomic E-state index is -0.499. The predicted molar refractivity (Wildman–Crippen MR) is 72.2 cm³/mol. The minimum Gasteiger partial charge on any atom is -0.380 e. The van der Waals surface area contributed by atoms with Crippen molar-refractivity contribution >= 4 is 11.4 Å². The van der Waals surface area contributed by atoms with Crippen LogP contribution in [0.25, 0.3) is 0 Å². The number of nitrogens with zero attached hydrogens (tertiary/aromatic N) is 3. The lowest BCUT2D eigenvalue weighted by Crippen LogP contribution is -2.27. The summed E-state index contributed by atoms with van der Waals surface area (Å²) in [7, 11) is 0. The Kier molecular flexibility index (Phi) is 5.76. The van der Waals surface area contributed by atoms with Crippen molar-refractivity contribution < 1.29 is 9.66 Å². The molecule has 0 amide bonds. The number of hydrogen-bond acceptors (Lipinski definition) is 5. The molecule has 0 aliphatic carbocycles. The van der Waals surface area contributed by atoms with Crippen LogP contribution in [0.5, 0.6) is 0 Å². The average Bonchev–Trinajstić information content (AvgIpc) is 2.43. The highest BCUT2D eigenvalue weighted by Gasteiger charge is 2.14. The molecule has 0 aliphatic heterocycles. The van der Waals surface area contributed by atoms with E-state index in [2.05, 4.69) is 0 Å². The van der Waals surface area contributed by atoms with Gasteiger partial charge < -0.3 is 9.64 Å². The first-order valence-corrected chi connectivity index (χ1v) is 6.15. The quantitative estimate of drug-likeness (QED) is 0.428. The molecule has 0 N–H and O–H groups in total. The van der Waals surface area contributed by atoms with Crippen molar-refractivity contribution in [1.29, 1.82) is 5.26 Å². The number of nitriles is 1. The number of nitro benzene ring substituents is 1. The minimum absolute atomic E-state index is 0.0684. The van der Waals surface area contributed by atoms with Gasteiger partial charge >= 0.3 is 0 Å². The van der Waals surface area contributed by atoms with Crippen LogP contribution in [0, 0.1) is 21.4 Å². The van der Waals surface area contributed by atoms with Crippen LogP contribution in [0.2, 0.25) is 0 Å². The van der Waals surface area contributed by atoms with Crippen LogP contribution < -0.4 is 4.90 Å². The normalized spacial score (nSPS) is 9.95. The van der Waals surface area contributed by atoms with E-state index in [9.17, 15) is 10.1 Å². The van der Waals surface area contributed by atoms with E-state index >= 15 is 0 Å². The van der Waals surface area contributed by atoms with E-state index in [1.807, 2.05) is 24.8 Å². The van der Waals surface area contributed by atoms with Crippen LogP contribution in [-0.2, 0) is 4.74 Å². The number of hydrogen-bond donors (Lipinski definition) is 0. The monoisotopic (exact) mass is 263 g/mol. The number of benzene rings is 1. The first-order valence-electron chi connectivity index (χ1n) is 6.15. The van der Waals surface area contributed by atoms with E-state index in [1.54, 1.807) is 6.07 Å². The first kappa shape index (κ1) is 14.9. The van der Waals surface area contributed by atoms with E-state index in [4.69, 9.17) is 10.00 Å². The maximum Gasteiger partial charge on any atom is 0.270 e. The molecule has 0 atom stereocenters. The third kappa shape index (κ3) is 3.93. The average molecular weight is 263 g/mol. The van der Waals surface area contributed by atoms with Crippen molar-refractivity contribution in [2.45, 2.75) is 13.8 Å². The molecule has 0 aromatic heterocycles. The maximum atomic E-state index is 10.7. The summed E-state index contributed by atoms with van der Waals surface area (Å²) in [5.41, 5.74) is 0.948. The van der Waals surface area contributed by atoms with Gasteiger partial charge in [0.05, 0.1) is 22.8 Å². The Balaban J connectivity index is 2.97. The zero-order valence-electron chi connectivity index (χ0n) is 11.1. The molecule has 0 saturated carbocycles. The first-order chi connectivity index (χ1) is 9.13. The lowest BCUT2D eigenvalue weighted by molar-refractivity contribution is -0.384. The summed E-state index contributed by atoms with van der Waals surface area (Å²) >= 11 is 0. The van der Waals surface area contributed by atoms with Gasteiger partial charge in [0.15, 0.2) is 0 Å². The van der Waals surface area contributed by atoms with Crippen molar-refractivity contribution in [2.24, 2.45) is 0 Å². The summed E-state index contributed by atoms with van der Waals surface area (Å²) < 4.78 is 5.29. The topological polar surface area (TPSA) is 79.4 Å². The van der Waals surface area contributed by atoms with E-state index < -0.39 is 4.92 Å². The lowest BCUT2D eigenvalue weighted by Gasteiger charge is -2.23. The van der Waals surface area contributed by atoms with E-state index in [0.717, 1.165) is 0 Å². The fourth-order valence-electron chi connectivity index (χ4n) is 1.77. The summed E-state index contributed by atoms with van der Waals surface area (Å²) in [6, 6.07) is 6.35.